The third-order valence-electron chi connectivity index (χ3n) is 6.83. The number of fused-ring (bicyclic) bond motifs is 2. The molecule has 2 aliphatic rings. The van der Waals surface area contributed by atoms with Gasteiger partial charge in [-0.2, -0.15) is 0 Å². The van der Waals surface area contributed by atoms with Gasteiger partial charge in [0.1, 0.15) is 5.78 Å². The molecule has 1 aromatic rings. The second-order valence-electron chi connectivity index (χ2n) is 8.58. The van der Waals surface area contributed by atoms with Crippen molar-refractivity contribution in [3.8, 4) is 0 Å². The molecule has 3 rings (SSSR count). The van der Waals surface area contributed by atoms with Crippen LogP contribution in [-0.2, 0) is 16.0 Å². The van der Waals surface area contributed by atoms with E-state index in [-0.39, 0.29) is 48.5 Å². The number of hydrogen-bond donors (Lipinski definition) is 4. The van der Waals surface area contributed by atoms with Crippen LogP contribution in [0.3, 0.4) is 0 Å². The van der Waals surface area contributed by atoms with E-state index in [1.54, 1.807) is 0 Å². The Kier molecular flexibility index (Phi) is 5.35. The normalized spacial score (nSPS) is 35.2. The van der Waals surface area contributed by atoms with Crippen LogP contribution in [0.2, 0.25) is 0 Å². The third kappa shape index (κ3) is 3.39. The molecule has 8 heteroatoms. The van der Waals surface area contributed by atoms with Crippen LogP contribution < -0.4 is 11.1 Å². The Bertz CT molecular complexity index is 751. The highest BCUT2D eigenvalue weighted by molar-refractivity contribution is 7.15. The average molecular weight is 396 g/mol. The number of thiazole rings is 1. The van der Waals surface area contributed by atoms with E-state index in [1.165, 1.54) is 18.3 Å². The van der Waals surface area contributed by atoms with E-state index in [9.17, 15) is 19.8 Å². The molecule has 1 heterocycles. The number of ketones is 1. The molecular weight excluding hydrogens is 366 g/mol. The first-order chi connectivity index (χ1) is 12.6. The number of carbonyl (C=O) groups excluding carboxylic acids is 2. The molecule has 0 radical (unpaired) electrons. The minimum absolute atomic E-state index is 0.0108. The van der Waals surface area contributed by atoms with E-state index in [0.717, 1.165) is 17.0 Å². The molecule has 150 valence electrons. The minimum atomic E-state index is -0.641. The Balaban J connectivity index is 1.99. The second kappa shape index (κ2) is 7.14. The maximum absolute atomic E-state index is 12.5. The summed E-state index contributed by atoms with van der Waals surface area (Å²) in [6.45, 7) is 5.42. The zero-order valence-electron chi connectivity index (χ0n) is 16.1. The van der Waals surface area contributed by atoms with Crippen LogP contribution >= 0.6 is 11.3 Å². The molecule has 1 aromatic heterocycles. The number of aromatic nitrogens is 1. The van der Waals surface area contributed by atoms with Crippen LogP contribution in [0.25, 0.3) is 0 Å². The van der Waals surface area contributed by atoms with E-state index < -0.39 is 11.5 Å². The van der Waals surface area contributed by atoms with Crippen LogP contribution in [0.4, 0.5) is 5.13 Å². The molecule has 7 nitrogen and oxygen atoms in total. The molecule has 5 unspecified atom stereocenters. The average Bonchev–Trinajstić information content (AvgIpc) is 2.98. The van der Waals surface area contributed by atoms with Gasteiger partial charge in [0, 0.05) is 22.6 Å². The highest BCUT2D eigenvalue weighted by Crippen LogP contribution is 2.62. The third-order valence-corrected chi connectivity index (χ3v) is 7.76. The maximum atomic E-state index is 12.5. The van der Waals surface area contributed by atoms with Crippen molar-refractivity contribution in [3.63, 3.8) is 0 Å². The quantitative estimate of drug-likeness (QED) is 0.594. The van der Waals surface area contributed by atoms with Crippen molar-refractivity contribution in [2.75, 3.05) is 18.9 Å². The Hall–Kier alpha value is -1.51. The monoisotopic (exact) mass is 395 g/mol. The zero-order chi connectivity index (χ0) is 20.0. The van der Waals surface area contributed by atoms with Crippen LogP contribution in [0.15, 0.2) is 0 Å². The Labute approximate surface area is 163 Å². The number of amides is 1. The molecule has 0 aliphatic heterocycles. The number of rotatable bonds is 5. The number of nitrogens with zero attached hydrogens (tertiary/aromatic N) is 1. The van der Waals surface area contributed by atoms with Gasteiger partial charge in [-0.15, -0.1) is 11.3 Å². The fourth-order valence-electron chi connectivity index (χ4n) is 5.15. The van der Waals surface area contributed by atoms with Gasteiger partial charge >= 0.3 is 0 Å². The molecule has 0 saturated heterocycles. The van der Waals surface area contributed by atoms with E-state index in [1.807, 2.05) is 6.92 Å². The first-order valence-electron chi connectivity index (χ1n) is 9.42. The van der Waals surface area contributed by atoms with Gasteiger partial charge in [0.25, 0.3) is 0 Å². The number of nitrogens with two attached hydrogens (primary N) is 1. The lowest BCUT2D eigenvalue weighted by molar-refractivity contribution is -0.144. The number of hydrogen-bond acceptors (Lipinski definition) is 7. The maximum Gasteiger partial charge on any atom is 0.221 e. The Morgan fingerprint density at radius 1 is 1.41 bits per heavy atom. The lowest BCUT2D eigenvalue weighted by atomic mass is 9.47. The van der Waals surface area contributed by atoms with Crippen LogP contribution in [-0.4, -0.2) is 46.1 Å². The fourth-order valence-corrected chi connectivity index (χ4v) is 6.08. The molecule has 1 amide bonds. The van der Waals surface area contributed by atoms with Crippen molar-refractivity contribution in [1.82, 2.24) is 10.3 Å². The van der Waals surface area contributed by atoms with Gasteiger partial charge < -0.3 is 21.3 Å². The van der Waals surface area contributed by atoms with Gasteiger partial charge in [-0.3, -0.25) is 9.59 Å². The summed E-state index contributed by atoms with van der Waals surface area (Å²) in [5.74, 6) is -0.434. The number of anilines is 1. The SMILES string of the molecule is CC(=O)CNC(=O)CC1c2nc(N)sc2CC2C(C)(CO)C(O)CCC12C. The molecule has 2 aliphatic carbocycles. The van der Waals surface area contributed by atoms with Crippen LogP contribution in [0, 0.1) is 16.7 Å². The molecule has 5 N–H and O–H groups in total. The van der Waals surface area contributed by atoms with Crippen molar-refractivity contribution in [3.05, 3.63) is 10.6 Å². The van der Waals surface area contributed by atoms with Gasteiger partial charge in [-0.1, -0.05) is 13.8 Å². The molecule has 0 aromatic carbocycles. The standard InChI is InChI=1S/C19H29N3O4S/c1-10(24)8-21-15(26)6-11-16-12(27-17(20)22-16)7-13-18(11,2)5-4-14(25)19(13,3)9-23/h11,13-14,23,25H,4-9H2,1-3H3,(H2,20,22)(H,21,26). The van der Waals surface area contributed by atoms with Gasteiger partial charge in [-0.05, 0) is 37.5 Å². The highest BCUT2D eigenvalue weighted by Gasteiger charge is 2.59. The number of carbonyl (C=O) groups is 2. The van der Waals surface area contributed by atoms with Gasteiger partial charge in [0.2, 0.25) is 5.91 Å². The zero-order valence-corrected chi connectivity index (χ0v) is 16.9. The van der Waals surface area contributed by atoms with E-state index >= 15 is 0 Å². The summed E-state index contributed by atoms with van der Waals surface area (Å²) in [5.41, 5.74) is 5.90. The van der Waals surface area contributed by atoms with Crippen LogP contribution in [0.5, 0.6) is 0 Å². The number of aliphatic hydroxyl groups excluding tert-OH is 2. The molecule has 0 spiro atoms. The summed E-state index contributed by atoms with van der Waals surface area (Å²) in [5, 5.41) is 23.9. The number of aliphatic hydroxyl groups is 2. The molecule has 27 heavy (non-hydrogen) atoms. The summed E-state index contributed by atoms with van der Waals surface area (Å²) in [4.78, 5) is 29.3. The number of Topliss-reactive ketones (excluding diaryl/α,β-unsaturated/α-hetero) is 1. The fraction of sp³-hybridized carbons (Fsp3) is 0.737. The summed E-state index contributed by atoms with van der Waals surface area (Å²) < 4.78 is 0. The minimum Gasteiger partial charge on any atom is -0.396 e. The summed E-state index contributed by atoms with van der Waals surface area (Å²) in [6, 6.07) is 0. The first kappa shape index (κ1) is 20.2. The van der Waals surface area contributed by atoms with Crippen molar-refractivity contribution in [2.45, 2.75) is 58.5 Å². The van der Waals surface area contributed by atoms with Gasteiger partial charge in [0.05, 0.1) is 24.9 Å². The van der Waals surface area contributed by atoms with E-state index in [0.29, 0.717) is 18.0 Å². The Morgan fingerprint density at radius 3 is 2.74 bits per heavy atom. The lowest BCUT2D eigenvalue weighted by Gasteiger charge is -2.58. The predicted octanol–water partition coefficient (Wildman–Crippen LogP) is 1.24. The largest absolute Gasteiger partial charge is 0.396 e. The van der Waals surface area contributed by atoms with Crippen molar-refractivity contribution >= 4 is 28.2 Å². The van der Waals surface area contributed by atoms with Crippen LogP contribution in [0.1, 0.15) is 56.5 Å². The van der Waals surface area contributed by atoms with E-state index in [4.69, 9.17) is 5.73 Å². The summed E-state index contributed by atoms with van der Waals surface area (Å²) in [7, 11) is 0. The molecule has 1 saturated carbocycles. The first-order valence-corrected chi connectivity index (χ1v) is 10.2. The molecule has 5 atom stereocenters. The van der Waals surface area contributed by atoms with Crippen molar-refractivity contribution in [2.24, 2.45) is 16.7 Å². The summed E-state index contributed by atoms with van der Waals surface area (Å²) >= 11 is 1.42. The predicted molar refractivity (Wildman–Crippen MR) is 103 cm³/mol. The molecular formula is C19H29N3O4S. The van der Waals surface area contributed by atoms with Crippen molar-refractivity contribution < 1.29 is 19.8 Å². The molecule has 0 bridgehead atoms. The Morgan fingerprint density at radius 2 is 2.11 bits per heavy atom. The molecule has 1 fully saturated rings. The number of nitrogens with one attached hydrogen (secondary N) is 1. The summed E-state index contributed by atoms with van der Waals surface area (Å²) in [6.07, 6.45) is 1.65. The smallest absolute Gasteiger partial charge is 0.221 e. The van der Waals surface area contributed by atoms with Crippen molar-refractivity contribution in [1.29, 1.82) is 0 Å². The topological polar surface area (TPSA) is 126 Å². The van der Waals surface area contributed by atoms with Gasteiger partial charge in [0.15, 0.2) is 5.13 Å². The highest BCUT2D eigenvalue weighted by atomic mass is 32.1. The van der Waals surface area contributed by atoms with Gasteiger partial charge in [-0.25, -0.2) is 4.98 Å². The second-order valence-corrected chi connectivity index (χ2v) is 9.69. The van der Waals surface area contributed by atoms with E-state index in [2.05, 4.69) is 17.2 Å². The lowest BCUT2D eigenvalue weighted by Crippen LogP contribution is -2.57. The number of nitrogen functional groups attached to an aromatic ring is 1.